The molecule has 1 fully saturated rings. The van der Waals surface area contributed by atoms with Gasteiger partial charge in [0.15, 0.2) is 11.5 Å². The second-order valence-corrected chi connectivity index (χ2v) is 10.2. The van der Waals surface area contributed by atoms with Crippen molar-refractivity contribution >= 4 is 68.9 Å². The predicted octanol–water partition coefficient (Wildman–Crippen LogP) is 7.61. The number of amides is 2. The van der Waals surface area contributed by atoms with Crippen molar-refractivity contribution in [2.75, 3.05) is 7.11 Å². The average molecular weight is 564 g/mol. The van der Waals surface area contributed by atoms with Crippen LogP contribution in [0, 0.1) is 0 Å². The highest BCUT2D eigenvalue weighted by atomic mass is 35.5. The van der Waals surface area contributed by atoms with Crippen LogP contribution in [0.4, 0.5) is 4.79 Å². The monoisotopic (exact) mass is 563 g/mol. The number of halogens is 2. The highest BCUT2D eigenvalue weighted by molar-refractivity contribution is 8.18. The van der Waals surface area contributed by atoms with E-state index in [0.717, 1.165) is 28.1 Å². The van der Waals surface area contributed by atoms with Gasteiger partial charge in [0.1, 0.15) is 0 Å². The van der Waals surface area contributed by atoms with Crippen LogP contribution in [0.3, 0.4) is 0 Å². The van der Waals surface area contributed by atoms with Crippen LogP contribution in [-0.2, 0) is 11.3 Å². The Labute approximate surface area is 232 Å². The van der Waals surface area contributed by atoms with Gasteiger partial charge in [-0.1, -0.05) is 59.6 Å². The summed E-state index contributed by atoms with van der Waals surface area (Å²) in [6.07, 6.45) is 1.56. The molecular weight excluding hydrogens is 545 g/mol. The van der Waals surface area contributed by atoms with Gasteiger partial charge in [-0.3, -0.25) is 14.5 Å². The number of imide groups is 1. The van der Waals surface area contributed by atoms with Gasteiger partial charge < -0.3 is 9.47 Å². The Morgan fingerprint density at radius 1 is 0.947 bits per heavy atom. The molecule has 4 aromatic rings. The largest absolute Gasteiger partial charge is 0.493 e. The Balaban J connectivity index is 1.36. The lowest BCUT2D eigenvalue weighted by molar-refractivity contribution is -0.123. The Morgan fingerprint density at radius 2 is 1.68 bits per heavy atom. The highest BCUT2D eigenvalue weighted by Crippen LogP contribution is 2.39. The lowest BCUT2D eigenvalue weighted by atomic mass is 10.1. The van der Waals surface area contributed by atoms with Gasteiger partial charge in [-0.25, -0.2) is 4.79 Å². The minimum atomic E-state index is -0.635. The second-order valence-electron chi connectivity index (χ2n) is 8.38. The Morgan fingerprint density at radius 3 is 2.42 bits per heavy atom. The number of benzene rings is 4. The molecule has 38 heavy (non-hydrogen) atoms. The number of esters is 1. The Kier molecular flexibility index (Phi) is 7.42. The average Bonchev–Trinajstić information content (AvgIpc) is 3.17. The minimum absolute atomic E-state index is 0.0377. The summed E-state index contributed by atoms with van der Waals surface area (Å²) in [5, 5.41) is 2.35. The quantitative estimate of drug-likeness (QED) is 0.136. The molecule has 2 amide bonds. The number of thioether (sulfide) groups is 1. The fourth-order valence-electron chi connectivity index (χ4n) is 3.97. The van der Waals surface area contributed by atoms with Crippen molar-refractivity contribution in [1.82, 2.24) is 4.90 Å². The van der Waals surface area contributed by atoms with E-state index in [0.29, 0.717) is 10.6 Å². The smallest absolute Gasteiger partial charge is 0.343 e. The first-order chi connectivity index (χ1) is 18.3. The van der Waals surface area contributed by atoms with Crippen LogP contribution in [0.1, 0.15) is 21.5 Å². The summed E-state index contributed by atoms with van der Waals surface area (Å²) in [6.45, 7) is 0.163. The molecule has 0 bridgehead atoms. The number of fused-ring (bicyclic) bond motifs is 1. The molecule has 9 heteroatoms. The van der Waals surface area contributed by atoms with Crippen molar-refractivity contribution in [3.63, 3.8) is 0 Å². The molecule has 5 rings (SSSR count). The maximum atomic E-state index is 13.1. The molecule has 0 unspecified atom stereocenters. The number of hydrogen-bond acceptors (Lipinski definition) is 6. The summed E-state index contributed by atoms with van der Waals surface area (Å²) < 4.78 is 10.9. The van der Waals surface area contributed by atoms with Gasteiger partial charge in [0.05, 0.1) is 29.1 Å². The molecule has 0 spiro atoms. The van der Waals surface area contributed by atoms with E-state index in [9.17, 15) is 14.4 Å². The number of carbonyl (C=O) groups is 3. The summed E-state index contributed by atoms with van der Waals surface area (Å²) in [6, 6.07) is 23.1. The summed E-state index contributed by atoms with van der Waals surface area (Å²) >= 11 is 13.2. The highest BCUT2D eigenvalue weighted by Gasteiger charge is 2.35. The first-order valence-corrected chi connectivity index (χ1v) is 13.0. The third-order valence-electron chi connectivity index (χ3n) is 5.85. The van der Waals surface area contributed by atoms with Crippen LogP contribution in [0.2, 0.25) is 10.0 Å². The normalized spacial score (nSPS) is 14.4. The maximum Gasteiger partial charge on any atom is 0.343 e. The summed E-state index contributed by atoms with van der Waals surface area (Å²) in [5.41, 5.74) is 1.65. The lowest BCUT2D eigenvalue weighted by Gasteiger charge is -2.13. The van der Waals surface area contributed by atoms with E-state index in [1.54, 1.807) is 24.3 Å². The molecule has 0 radical (unpaired) electrons. The third kappa shape index (κ3) is 5.41. The van der Waals surface area contributed by atoms with Gasteiger partial charge in [0.2, 0.25) is 0 Å². The van der Waals surface area contributed by atoms with E-state index in [-0.39, 0.29) is 38.8 Å². The maximum absolute atomic E-state index is 13.1. The first-order valence-electron chi connectivity index (χ1n) is 11.4. The van der Waals surface area contributed by atoms with Crippen LogP contribution < -0.4 is 9.47 Å². The van der Waals surface area contributed by atoms with Gasteiger partial charge in [-0.2, -0.15) is 0 Å². The van der Waals surface area contributed by atoms with Crippen molar-refractivity contribution in [3.8, 4) is 11.5 Å². The molecule has 1 aliphatic heterocycles. The van der Waals surface area contributed by atoms with Gasteiger partial charge >= 0.3 is 5.97 Å². The zero-order valence-electron chi connectivity index (χ0n) is 19.9. The third-order valence-corrected chi connectivity index (χ3v) is 7.29. The van der Waals surface area contributed by atoms with Crippen LogP contribution in [-0.4, -0.2) is 29.1 Å². The van der Waals surface area contributed by atoms with Crippen molar-refractivity contribution < 1.29 is 23.9 Å². The van der Waals surface area contributed by atoms with Gasteiger partial charge in [0.25, 0.3) is 11.1 Å². The number of hydrogen-bond donors (Lipinski definition) is 0. The van der Waals surface area contributed by atoms with Crippen molar-refractivity contribution in [1.29, 1.82) is 0 Å². The molecule has 1 aliphatic rings. The van der Waals surface area contributed by atoms with Crippen LogP contribution in [0.5, 0.6) is 11.5 Å². The standard InChI is InChI=1S/C29H19Cl2NO5S/c1-36-24-14-18(13-23(31)26(24)37-28(34)20-8-10-22(30)11-9-20)15-25-27(33)32(29(35)38-25)16-17-6-7-19-4-2-3-5-21(19)12-17/h2-15H,16H2,1H3/b25-15-. The Bertz CT molecular complexity index is 1620. The number of nitrogens with zero attached hydrogens (tertiary/aromatic N) is 1. The SMILES string of the molecule is COc1cc(/C=C2\SC(=O)N(Cc3ccc4ccccc4c3)C2=O)cc(Cl)c1OC(=O)c1ccc(Cl)cc1. The van der Waals surface area contributed by atoms with Crippen molar-refractivity contribution in [2.45, 2.75) is 6.54 Å². The molecule has 0 saturated carbocycles. The molecule has 6 nitrogen and oxygen atoms in total. The van der Waals surface area contributed by atoms with E-state index in [2.05, 4.69) is 0 Å². The molecule has 190 valence electrons. The fraction of sp³-hybridized carbons (Fsp3) is 0.0690. The van der Waals surface area contributed by atoms with Crippen LogP contribution in [0.25, 0.3) is 16.8 Å². The molecule has 0 aromatic heterocycles. The van der Waals surface area contributed by atoms with E-state index in [1.165, 1.54) is 30.2 Å². The summed E-state index contributed by atoms with van der Waals surface area (Å²) in [5.74, 6) is -0.803. The summed E-state index contributed by atoms with van der Waals surface area (Å²) in [7, 11) is 1.41. The summed E-state index contributed by atoms with van der Waals surface area (Å²) in [4.78, 5) is 39.8. The van der Waals surface area contributed by atoms with Crippen molar-refractivity contribution in [3.05, 3.63) is 111 Å². The second kappa shape index (κ2) is 10.9. The number of rotatable bonds is 6. The molecular formula is C29H19Cl2NO5S. The zero-order chi connectivity index (χ0) is 26.8. The lowest BCUT2D eigenvalue weighted by Crippen LogP contribution is -2.27. The number of carbonyl (C=O) groups excluding carboxylic acids is 3. The zero-order valence-corrected chi connectivity index (χ0v) is 22.3. The molecule has 1 saturated heterocycles. The van der Waals surface area contributed by atoms with E-state index >= 15 is 0 Å². The minimum Gasteiger partial charge on any atom is -0.493 e. The predicted molar refractivity (Wildman–Crippen MR) is 150 cm³/mol. The molecule has 0 atom stereocenters. The van der Waals surface area contributed by atoms with Gasteiger partial charge in [0, 0.05) is 5.02 Å². The van der Waals surface area contributed by atoms with Crippen LogP contribution >= 0.6 is 35.0 Å². The molecule has 1 heterocycles. The number of ether oxygens (including phenoxy) is 2. The molecule has 0 N–H and O–H groups in total. The van der Waals surface area contributed by atoms with E-state index in [4.69, 9.17) is 32.7 Å². The first kappa shape index (κ1) is 25.9. The van der Waals surface area contributed by atoms with E-state index in [1.807, 2.05) is 42.5 Å². The Hall–Kier alpha value is -3.78. The van der Waals surface area contributed by atoms with Gasteiger partial charge in [-0.15, -0.1) is 0 Å². The van der Waals surface area contributed by atoms with Gasteiger partial charge in [-0.05, 0) is 82.2 Å². The van der Waals surface area contributed by atoms with Crippen molar-refractivity contribution in [2.24, 2.45) is 0 Å². The number of methoxy groups -OCH3 is 1. The molecule has 0 aliphatic carbocycles. The van der Waals surface area contributed by atoms with E-state index < -0.39 is 11.9 Å². The van der Waals surface area contributed by atoms with Crippen LogP contribution in [0.15, 0.2) is 83.8 Å². The fourth-order valence-corrected chi connectivity index (χ4v) is 5.19. The topological polar surface area (TPSA) is 72.9 Å². The molecule has 4 aromatic carbocycles.